The van der Waals surface area contributed by atoms with Gasteiger partial charge in [0.05, 0.1) is 17.9 Å². The SMILES string of the molecule is Cc1noc(C)c1CCC(=O)Nc1ccc(C2=CSC3=NCCN23)cc1. The lowest BCUT2D eigenvalue weighted by molar-refractivity contribution is -0.116. The quantitative estimate of drug-likeness (QED) is 0.873. The summed E-state index contributed by atoms with van der Waals surface area (Å²) in [6, 6.07) is 7.97. The number of hydrogen-bond acceptors (Lipinski definition) is 6. The van der Waals surface area contributed by atoms with Gasteiger partial charge in [-0.2, -0.15) is 0 Å². The third-order valence-corrected chi connectivity index (χ3v) is 5.52. The third-order valence-electron chi connectivity index (χ3n) is 4.62. The second-order valence-electron chi connectivity index (χ2n) is 6.37. The van der Waals surface area contributed by atoms with Crippen LogP contribution in [0.5, 0.6) is 0 Å². The first-order chi connectivity index (χ1) is 12.6. The number of aryl methyl sites for hydroxylation is 2. The van der Waals surface area contributed by atoms with Crippen molar-refractivity contribution in [1.29, 1.82) is 0 Å². The minimum absolute atomic E-state index is 0.0117. The van der Waals surface area contributed by atoms with E-state index in [-0.39, 0.29) is 5.91 Å². The lowest BCUT2D eigenvalue weighted by Crippen LogP contribution is -2.19. The zero-order valence-corrected chi connectivity index (χ0v) is 15.6. The Morgan fingerprint density at radius 2 is 2.12 bits per heavy atom. The molecule has 2 aliphatic rings. The van der Waals surface area contributed by atoms with Crippen LogP contribution < -0.4 is 5.32 Å². The van der Waals surface area contributed by atoms with E-state index >= 15 is 0 Å². The van der Waals surface area contributed by atoms with Crippen molar-refractivity contribution in [1.82, 2.24) is 10.1 Å². The van der Waals surface area contributed by atoms with Crippen molar-refractivity contribution in [3.8, 4) is 0 Å². The summed E-state index contributed by atoms with van der Waals surface area (Å²) in [5.41, 5.74) is 5.00. The number of fused-ring (bicyclic) bond motifs is 1. The number of carbonyl (C=O) groups excluding carboxylic acids is 1. The Hall–Kier alpha value is -2.54. The largest absolute Gasteiger partial charge is 0.361 e. The van der Waals surface area contributed by atoms with E-state index in [0.29, 0.717) is 12.8 Å². The van der Waals surface area contributed by atoms with Gasteiger partial charge in [-0.1, -0.05) is 29.1 Å². The van der Waals surface area contributed by atoms with Gasteiger partial charge in [0, 0.05) is 29.6 Å². The first-order valence-electron chi connectivity index (χ1n) is 8.62. The minimum atomic E-state index is -0.0117. The summed E-state index contributed by atoms with van der Waals surface area (Å²) in [6.45, 7) is 5.57. The lowest BCUT2D eigenvalue weighted by atomic mass is 10.1. The van der Waals surface area contributed by atoms with Gasteiger partial charge < -0.3 is 14.7 Å². The molecule has 1 aromatic carbocycles. The molecule has 7 heteroatoms. The molecule has 1 aromatic heterocycles. The van der Waals surface area contributed by atoms with Gasteiger partial charge in [-0.05, 0) is 38.0 Å². The van der Waals surface area contributed by atoms with Gasteiger partial charge in [0.1, 0.15) is 5.76 Å². The van der Waals surface area contributed by atoms with E-state index < -0.39 is 0 Å². The number of aliphatic imine (C=N–C) groups is 1. The van der Waals surface area contributed by atoms with Crippen LogP contribution in [0, 0.1) is 13.8 Å². The number of anilines is 1. The molecule has 26 heavy (non-hydrogen) atoms. The molecule has 0 radical (unpaired) electrons. The highest BCUT2D eigenvalue weighted by Gasteiger charge is 2.26. The molecule has 2 aliphatic heterocycles. The molecule has 6 nitrogen and oxygen atoms in total. The maximum Gasteiger partial charge on any atom is 0.224 e. The number of benzene rings is 1. The van der Waals surface area contributed by atoms with Crippen LogP contribution in [0.25, 0.3) is 5.70 Å². The molecule has 0 saturated heterocycles. The fourth-order valence-corrected chi connectivity index (χ4v) is 4.16. The molecular weight excluding hydrogens is 348 g/mol. The average Bonchev–Trinajstić information content (AvgIpc) is 3.31. The van der Waals surface area contributed by atoms with Gasteiger partial charge in [-0.15, -0.1) is 0 Å². The Balaban J connectivity index is 1.35. The van der Waals surface area contributed by atoms with Crippen LogP contribution in [0.1, 0.15) is 29.0 Å². The van der Waals surface area contributed by atoms with E-state index in [1.165, 1.54) is 5.70 Å². The van der Waals surface area contributed by atoms with E-state index in [1.54, 1.807) is 11.8 Å². The summed E-state index contributed by atoms with van der Waals surface area (Å²) in [4.78, 5) is 18.9. The molecule has 2 aromatic rings. The Morgan fingerprint density at radius 1 is 1.31 bits per heavy atom. The molecule has 0 aliphatic carbocycles. The lowest BCUT2D eigenvalue weighted by Gasteiger charge is -2.16. The maximum atomic E-state index is 12.2. The van der Waals surface area contributed by atoms with E-state index in [1.807, 2.05) is 38.1 Å². The zero-order valence-electron chi connectivity index (χ0n) is 14.8. The second-order valence-corrected chi connectivity index (χ2v) is 7.20. The number of aromatic nitrogens is 1. The van der Waals surface area contributed by atoms with Crippen molar-refractivity contribution in [3.63, 3.8) is 0 Å². The number of amidine groups is 1. The number of rotatable bonds is 5. The summed E-state index contributed by atoms with van der Waals surface area (Å²) >= 11 is 1.67. The number of nitrogens with one attached hydrogen (secondary N) is 1. The number of nitrogens with zero attached hydrogens (tertiary/aromatic N) is 3. The van der Waals surface area contributed by atoms with Crippen molar-refractivity contribution >= 4 is 34.2 Å². The van der Waals surface area contributed by atoms with Gasteiger partial charge in [0.25, 0.3) is 0 Å². The molecule has 0 atom stereocenters. The second kappa shape index (κ2) is 6.99. The van der Waals surface area contributed by atoms with E-state index in [2.05, 4.69) is 25.8 Å². The van der Waals surface area contributed by atoms with Gasteiger partial charge in [-0.25, -0.2) is 0 Å². The first-order valence-corrected chi connectivity index (χ1v) is 9.50. The summed E-state index contributed by atoms with van der Waals surface area (Å²) in [6.07, 6.45) is 1.03. The molecule has 0 fully saturated rings. The van der Waals surface area contributed by atoms with Gasteiger partial charge in [0.15, 0.2) is 5.17 Å². The molecule has 134 valence electrons. The average molecular weight is 368 g/mol. The fraction of sp³-hybridized carbons (Fsp3) is 0.316. The van der Waals surface area contributed by atoms with Crippen LogP contribution in [0.15, 0.2) is 39.2 Å². The van der Waals surface area contributed by atoms with Crippen LogP contribution in [0.4, 0.5) is 5.69 Å². The van der Waals surface area contributed by atoms with Crippen molar-refractivity contribution in [2.75, 3.05) is 18.4 Å². The Labute approximate surface area is 156 Å². The minimum Gasteiger partial charge on any atom is -0.361 e. The fourth-order valence-electron chi connectivity index (χ4n) is 3.19. The van der Waals surface area contributed by atoms with Gasteiger partial charge in [-0.3, -0.25) is 9.79 Å². The topological polar surface area (TPSA) is 70.7 Å². The number of amides is 1. The first kappa shape index (κ1) is 16.9. The van der Waals surface area contributed by atoms with Crippen LogP contribution in [0.3, 0.4) is 0 Å². The molecule has 0 spiro atoms. The van der Waals surface area contributed by atoms with E-state index in [4.69, 9.17) is 4.52 Å². The summed E-state index contributed by atoms with van der Waals surface area (Å²) in [7, 11) is 0. The third kappa shape index (κ3) is 3.26. The number of carbonyl (C=O) groups is 1. The molecule has 1 amide bonds. The Morgan fingerprint density at radius 3 is 2.85 bits per heavy atom. The number of thioether (sulfide) groups is 1. The van der Waals surface area contributed by atoms with Crippen molar-refractivity contribution in [2.24, 2.45) is 4.99 Å². The summed E-state index contributed by atoms with van der Waals surface area (Å²) < 4.78 is 5.14. The van der Waals surface area contributed by atoms with Crippen molar-refractivity contribution < 1.29 is 9.32 Å². The van der Waals surface area contributed by atoms with Crippen LogP contribution in [-0.4, -0.2) is 34.2 Å². The maximum absolute atomic E-state index is 12.2. The normalized spacial score (nSPS) is 15.7. The molecule has 0 unspecified atom stereocenters. The molecule has 1 N–H and O–H groups in total. The predicted molar refractivity (Wildman–Crippen MR) is 104 cm³/mol. The Kier molecular flexibility index (Phi) is 4.55. The standard InChI is InChI=1S/C19H20N4O2S/c1-12-16(13(2)25-22-12)7-8-18(24)21-15-5-3-14(4-6-15)17-11-26-19-20-9-10-23(17)19/h3-6,11H,7-10H2,1-2H3,(H,21,24). The highest BCUT2D eigenvalue weighted by Crippen LogP contribution is 2.35. The van der Waals surface area contributed by atoms with Crippen LogP contribution in [0.2, 0.25) is 0 Å². The van der Waals surface area contributed by atoms with E-state index in [9.17, 15) is 4.79 Å². The Bertz CT molecular complexity index is 879. The van der Waals surface area contributed by atoms with Crippen molar-refractivity contribution in [3.05, 3.63) is 52.3 Å². The monoisotopic (exact) mass is 368 g/mol. The van der Waals surface area contributed by atoms with Crippen LogP contribution in [-0.2, 0) is 11.2 Å². The number of hydrogen-bond donors (Lipinski definition) is 1. The molecule has 4 rings (SSSR count). The molecule has 3 heterocycles. The van der Waals surface area contributed by atoms with Gasteiger partial charge in [0.2, 0.25) is 5.91 Å². The zero-order chi connectivity index (χ0) is 18.1. The molecular formula is C19H20N4O2S. The highest BCUT2D eigenvalue weighted by molar-refractivity contribution is 8.16. The van der Waals surface area contributed by atoms with Crippen LogP contribution >= 0.6 is 11.8 Å². The summed E-state index contributed by atoms with van der Waals surface area (Å²) in [5, 5.41) is 10.1. The summed E-state index contributed by atoms with van der Waals surface area (Å²) in [5.74, 6) is 0.773. The molecule has 0 saturated carbocycles. The van der Waals surface area contributed by atoms with Gasteiger partial charge >= 0.3 is 0 Å². The smallest absolute Gasteiger partial charge is 0.224 e. The molecule has 0 bridgehead atoms. The van der Waals surface area contributed by atoms with E-state index in [0.717, 1.165) is 46.5 Å². The highest BCUT2D eigenvalue weighted by atomic mass is 32.2. The van der Waals surface area contributed by atoms with Crippen molar-refractivity contribution in [2.45, 2.75) is 26.7 Å². The predicted octanol–water partition coefficient (Wildman–Crippen LogP) is 3.58.